The highest BCUT2D eigenvalue weighted by atomic mass is 35.5. The van der Waals surface area contributed by atoms with Crippen LogP contribution < -0.4 is 10.5 Å². The van der Waals surface area contributed by atoms with Gasteiger partial charge in [-0.25, -0.2) is 14.8 Å². The van der Waals surface area contributed by atoms with E-state index in [4.69, 9.17) is 22.1 Å². The molecule has 4 heterocycles. The first-order valence-corrected chi connectivity index (χ1v) is 9.15. The number of urea groups is 1. The van der Waals surface area contributed by atoms with Crippen molar-refractivity contribution in [3.63, 3.8) is 0 Å². The Morgan fingerprint density at radius 3 is 2.58 bits per heavy atom. The molecule has 4 rings (SSSR count). The lowest BCUT2D eigenvalue weighted by Crippen LogP contribution is -2.61. The summed E-state index contributed by atoms with van der Waals surface area (Å²) in [7, 11) is 0. The lowest BCUT2D eigenvalue weighted by atomic mass is 9.93. The largest absolute Gasteiger partial charge is 0.470 e. The first-order chi connectivity index (χ1) is 12.3. The van der Waals surface area contributed by atoms with Gasteiger partial charge in [0.15, 0.2) is 0 Å². The number of amides is 2. The Morgan fingerprint density at radius 1 is 1.23 bits per heavy atom. The number of pyridine rings is 2. The van der Waals surface area contributed by atoms with Crippen LogP contribution in [-0.2, 0) is 5.54 Å². The molecule has 0 aliphatic carbocycles. The van der Waals surface area contributed by atoms with Crippen molar-refractivity contribution in [1.29, 1.82) is 0 Å². The van der Waals surface area contributed by atoms with E-state index < -0.39 is 5.54 Å². The summed E-state index contributed by atoms with van der Waals surface area (Å²) in [5.74, 6) is 0.498. The molecule has 2 aliphatic rings. The van der Waals surface area contributed by atoms with Gasteiger partial charge in [-0.05, 0) is 37.3 Å². The molecule has 2 amide bonds. The van der Waals surface area contributed by atoms with Crippen molar-refractivity contribution < 1.29 is 9.53 Å². The van der Waals surface area contributed by atoms with Gasteiger partial charge in [-0.3, -0.25) is 0 Å². The minimum absolute atomic E-state index is 0.0664. The topological polar surface area (TPSA) is 84.6 Å². The fourth-order valence-corrected chi connectivity index (χ4v) is 3.38. The highest BCUT2D eigenvalue weighted by Crippen LogP contribution is 2.33. The van der Waals surface area contributed by atoms with Gasteiger partial charge >= 0.3 is 6.03 Å². The number of aromatic nitrogens is 2. The van der Waals surface area contributed by atoms with Crippen molar-refractivity contribution in [3.8, 4) is 5.88 Å². The van der Waals surface area contributed by atoms with E-state index in [0.717, 1.165) is 35.8 Å². The van der Waals surface area contributed by atoms with Crippen LogP contribution >= 0.6 is 11.6 Å². The van der Waals surface area contributed by atoms with Gasteiger partial charge in [0.1, 0.15) is 11.3 Å². The molecule has 7 nitrogen and oxygen atoms in total. The van der Waals surface area contributed by atoms with E-state index in [1.807, 2.05) is 18.7 Å². The number of carbonyl (C=O) groups excluding carboxylic acids is 1. The maximum atomic E-state index is 12.2. The van der Waals surface area contributed by atoms with E-state index in [0.29, 0.717) is 24.1 Å². The number of halogens is 1. The van der Waals surface area contributed by atoms with Crippen molar-refractivity contribution in [2.24, 2.45) is 5.73 Å². The molecule has 2 N–H and O–H groups in total. The van der Waals surface area contributed by atoms with Crippen molar-refractivity contribution in [3.05, 3.63) is 29.2 Å². The van der Waals surface area contributed by atoms with Crippen molar-refractivity contribution in [1.82, 2.24) is 19.8 Å². The fourth-order valence-electron chi connectivity index (χ4n) is 3.23. The van der Waals surface area contributed by atoms with Crippen LogP contribution in [-0.4, -0.2) is 58.1 Å². The monoisotopic (exact) mass is 375 g/mol. The molecule has 0 atom stereocenters. The maximum Gasteiger partial charge on any atom is 0.320 e. The standard InChI is InChI=1S/C18H22ClN5O2/c1-18(2,20)14-8-22-16(13-7-21-15(19)6-12(13)14)26-11-9-24(10-11)17(25)23-4-3-5-23/h6-8,11H,3-5,9-10,20H2,1-2H3. The maximum absolute atomic E-state index is 12.2. The Balaban J connectivity index is 1.54. The molecule has 8 heteroatoms. The predicted octanol–water partition coefficient (Wildman–Crippen LogP) is 2.37. The predicted molar refractivity (Wildman–Crippen MR) is 99.3 cm³/mol. The minimum Gasteiger partial charge on any atom is -0.470 e. The first-order valence-electron chi connectivity index (χ1n) is 8.77. The molecule has 2 saturated heterocycles. The van der Waals surface area contributed by atoms with Crippen molar-refractivity contribution in [2.75, 3.05) is 26.2 Å². The third-order valence-electron chi connectivity index (χ3n) is 4.92. The summed E-state index contributed by atoms with van der Waals surface area (Å²) < 4.78 is 6.04. The van der Waals surface area contributed by atoms with Crippen molar-refractivity contribution in [2.45, 2.75) is 31.9 Å². The highest BCUT2D eigenvalue weighted by molar-refractivity contribution is 6.30. The minimum atomic E-state index is -0.564. The van der Waals surface area contributed by atoms with E-state index in [9.17, 15) is 4.79 Å². The molecule has 2 aliphatic heterocycles. The summed E-state index contributed by atoms with van der Waals surface area (Å²) in [6, 6.07) is 1.89. The number of nitrogens with two attached hydrogens (primary N) is 1. The summed E-state index contributed by atoms with van der Waals surface area (Å²) in [5, 5.41) is 2.06. The van der Waals surface area contributed by atoms with Gasteiger partial charge in [0.2, 0.25) is 5.88 Å². The van der Waals surface area contributed by atoms with Gasteiger partial charge in [-0.15, -0.1) is 0 Å². The van der Waals surface area contributed by atoms with Gasteiger partial charge < -0.3 is 20.3 Å². The average Bonchev–Trinajstić information content (AvgIpc) is 2.46. The molecule has 2 aromatic rings. The molecule has 0 spiro atoms. The number of nitrogens with zero attached hydrogens (tertiary/aromatic N) is 4. The quantitative estimate of drug-likeness (QED) is 0.832. The third kappa shape index (κ3) is 3.05. The number of likely N-dealkylation sites (tertiary alicyclic amines) is 2. The summed E-state index contributed by atoms with van der Waals surface area (Å²) in [4.78, 5) is 24.4. The summed E-state index contributed by atoms with van der Waals surface area (Å²) in [6.07, 6.45) is 4.42. The van der Waals surface area contributed by atoms with Crippen molar-refractivity contribution >= 4 is 28.4 Å². The molecular formula is C18H22ClN5O2. The second-order valence-electron chi connectivity index (χ2n) is 7.52. The lowest BCUT2D eigenvalue weighted by Gasteiger charge is -2.43. The van der Waals surface area contributed by atoms with Gasteiger partial charge in [0.25, 0.3) is 0 Å². The molecule has 138 valence electrons. The van der Waals surface area contributed by atoms with Crippen LogP contribution in [0.2, 0.25) is 5.15 Å². The summed E-state index contributed by atoms with van der Waals surface area (Å²) in [6.45, 7) is 6.70. The average molecular weight is 376 g/mol. The zero-order valence-electron chi connectivity index (χ0n) is 14.9. The summed E-state index contributed by atoms with van der Waals surface area (Å²) >= 11 is 6.08. The molecule has 0 aromatic carbocycles. The number of carbonyl (C=O) groups is 1. The number of hydrogen-bond acceptors (Lipinski definition) is 5. The van der Waals surface area contributed by atoms with Gasteiger partial charge in [0.05, 0.1) is 18.5 Å². The van der Waals surface area contributed by atoms with Crippen LogP contribution in [0.5, 0.6) is 5.88 Å². The number of fused-ring (bicyclic) bond motifs is 1. The van der Waals surface area contributed by atoms with Gasteiger partial charge in [0, 0.05) is 31.0 Å². The molecule has 0 bridgehead atoms. The Morgan fingerprint density at radius 2 is 1.96 bits per heavy atom. The third-order valence-corrected chi connectivity index (χ3v) is 5.13. The van der Waals surface area contributed by atoms with Crippen LogP contribution in [0.25, 0.3) is 10.8 Å². The van der Waals surface area contributed by atoms with E-state index >= 15 is 0 Å². The van der Waals surface area contributed by atoms with Crippen LogP contribution in [0.15, 0.2) is 18.5 Å². The highest BCUT2D eigenvalue weighted by Gasteiger charge is 2.36. The van der Waals surface area contributed by atoms with Crippen LogP contribution in [0.3, 0.4) is 0 Å². The fraction of sp³-hybridized carbons (Fsp3) is 0.500. The van der Waals surface area contributed by atoms with E-state index in [-0.39, 0.29) is 12.1 Å². The van der Waals surface area contributed by atoms with Crippen LogP contribution in [0, 0.1) is 0 Å². The Labute approximate surface area is 157 Å². The smallest absolute Gasteiger partial charge is 0.320 e. The number of ether oxygens (including phenoxy) is 1. The van der Waals surface area contributed by atoms with E-state index in [2.05, 4.69) is 9.97 Å². The first kappa shape index (κ1) is 17.3. The second kappa shape index (κ2) is 6.25. The Hall–Kier alpha value is -2.12. The van der Waals surface area contributed by atoms with Crippen LogP contribution in [0.1, 0.15) is 25.8 Å². The number of hydrogen-bond donors (Lipinski definition) is 1. The normalized spacial score (nSPS) is 17.8. The Kier molecular flexibility index (Phi) is 4.16. The Bertz CT molecular complexity index is 857. The molecule has 2 fully saturated rings. The van der Waals surface area contributed by atoms with Gasteiger partial charge in [-0.2, -0.15) is 0 Å². The molecule has 26 heavy (non-hydrogen) atoms. The van der Waals surface area contributed by atoms with Gasteiger partial charge in [-0.1, -0.05) is 11.6 Å². The molecule has 0 radical (unpaired) electrons. The molecule has 2 aromatic heterocycles. The zero-order chi connectivity index (χ0) is 18.5. The number of rotatable bonds is 3. The SMILES string of the molecule is CC(C)(N)c1cnc(OC2CN(C(=O)N3CCC3)C2)c2cnc(Cl)cc12. The zero-order valence-corrected chi connectivity index (χ0v) is 15.7. The van der Waals surface area contributed by atoms with E-state index in [1.54, 1.807) is 23.4 Å². The molecule has 0 saturated carbocycles. The summed E-state index contributed by atoms with van der Waals surface area (Å²) in [5.41, 5.74) is 6.58. The second-order valence-corrected chi connectivity index (χ2v) is 7.91. The lowest BCUT2D eigenvalue weighted by molar-refractivity contribution is 0.0224. The molecule has 0 unspecified atom stereocenters. The van der Waals surface area contributed by atoms with E-state index in [1.165, 1.54) is 0 Å². The van der Waals surface area contributed by atoms with Crippen LogP contribution in [0.4, 0.5) is 4.79 Å². The molecular weight excluding hydrogens is 354 g/mol.